The van der Waals surface area contributed by atoms with Crippen LogP contribution >= 0.6 is 0 Å². The Kier molecular flexibility index (Phi) is 4.54. The zero-order chi connectivity index (χ0) is 13.7. The molecule has 6 nitrogen and oxygen atoms in total. The smallest absolute Gasteiger partial charge is 0.221 e. The molecule has 4 N–H and O–H groups in total. The van der Waals surface area contributed by atoms with Crippen molar-refractivity contribution in [2.45, 2.75) is 45.1 Å². The lowest BCUT2D eigenvalue weighted by molar-refractivity contribution is -0.120. The van der Waals surface area contributed by atoms with E-state index in [-0.39, 0.29) is 5.91 Å². The normalized spacial score (nSPS) is 14.2. The molecule has 1 aliphatic rings. The van der Waals surface area contributed by atoms with Gasteiger partial charge in [0, 0.05) is 24.6 Å². The summed E-state index contributed by atoms with van der Waals surface area (Å²) >= 11 is 0. The first kappa shape index (κ1) is 13.6. The minimum absolute atomic E-state index is 0.0917. The lowest BCUT2D eigenvalue weighted by Crippen LogP contribution is -2.27. The Bertz CT molecular complexity index is 445. The summed E-state index contributed by atoms with van der Waals surface area (Å²) in [6, 6.07) is 0.415. The summed E-state index contributed by atoms with van der Waals surface area (Å²) in [7, 11) is 0. The van der Waals surface area contributed by atoms with Gasteiger partial charge in [0.2, 0.25) is 5.91 Å². The highest BCUT2D eigenvalue weighted by Crippen LogP contribution is 2.20. The van der Waals surface area contributed by atoms with Crippen LogP contribution in [0.15, 0.2) is 6.33 Å². The van der Waals surface area contributed by atoms with Gasteiger partial charge in [-0.05, 0) is 19.3 Å². The van der Waals surface area contributed by atoms with Crippen molar-refractivity contribution in [3.8, 4) is 0 Å². The number of nitrogens with zero attached hydrogens (tertiary/aromatic N) is 2. The van der Waals surface area contributed by atoms with E-state index in [1.54, 1.807) is 0 Å². The third-order valence-electron chi connectivity index (χ3n) is 3.07. The van der Waals surface area contributed by atoms with Gasteiger partial charge < -0.3 is 16.4 Å². The second-order valence-electron chi connectivity index (χ2n) is 4.85. The van der Waals surface area contributed by atoms with E-state index in [9.17, 15) is 4.79 Å². The Morgan fingerprint density at radius 2 is 2.26 bits per heavy atom. The van der Waals surface area contributed by atoms with Gasteiger partial charge in [-0.15, -0.1) is 0 Å². The van der Waals surface area contributed by atoms with Crippen LogP contribution in [-0.2, 0) is 11.2 Å². The SMILES string of the molecule is CCCc1c(N)ncnc1NCCC(=O)NC1CC1. The fourth-order valence-electron chi connectivity index (χ4n) is 1.90. The van der Waals surface area contributed by atoms with Gasteiger partial charge in [-0.25, -0.2) is 9.97 Å². The number of aromatic nitrogens is 2. The standard InChI is InChI=1S/C13H21N5O/c1-2-3-10-12(14)16-8-17-13(10)15-7-6-11(19)18-9-4-5-9/h8-9H,2-7H2,1H3,(H,18,19)(H3,14,15,16,17). The molecule has 0 aromatic carbocycles. The Balaban J connectivity index is 1.84. The summed E-state index contributed by atoms with van der Waals surface area (Å²) in [6.45, 7) is 2.64. The molecular formula is C13H21N5O. The van der Waals surface area contributed by atoms with Crippen molar-refractivity contribution in [1.82, 2.24) is 15.3 Å². The number of nitrogens with one attached hydrogen (secondary N) is 2. The molecule has 0 bridgehead atoms. The number of hydrogen-bond acceptors (Lipinski definition) is 5. The van der Waals surface area contributed by atoms with Gasteiger partial charge in [-0.2, -0.15) is 0 Å². The molecule has 1 aliphatic carbocycles. The van der Waals surface area contributed by atoms with Crippen LogP contribution in [0.3, 0.4) is 0 Å². The highest BCUT2D eigenvalue weighted by Gasteiger charge is 2.22. The van der Waals surface area contributed by atoms with Gasteiger partial charge in [0.05, 0.1) is 0 Å². The van der Waals surface area contributed by atoms with Crippen molar-refractivity contribution in [2.24, 2.45) is 0 Å². The summed E-state index contributed by atoms with van der Waals surface area (Å²) in [4.78, 5) is 19.7. The van der Waals surface area contributed by atoms with Crippen molar-refractivity contribution >= 4 is 17.5 Å². The molecule has 1 aromatic rings. The molecule has 0 saturated heterocycles. The van der Waals surface area contributed by atoms with E-state index in [1.165, 1.54) is 6.33 Å². The summed E-state index contributed by atoms with van der Waals surface area (Å²) in [5, 5.41) is 6.13. The van der Waals surface area contributed by atoms with Crippen molar-refractivity contribution in [3.05, 3.63) is 11.9 Å². The van der Waals surface area contributed by atoms with Gasteiger partial charge in [-0.3, -0.25) is 4.79 Å². The van der Waals surface area contributed by atoms with Crippen LogP contribution in [0.4, 0.5) is 11.6 Å². The summed E-state index contributed by atoms with van der Waals surface area (Å²) in [6.07, 6.45) is 5.94. The van der Waals surface area contributed by atoms with Crippen molar-refractivity contribution in [1.29, 1.82) is 0 Å². The first-order valence-corrected chi connectivity index (χ1v) is 6.83. The molecular weight excluding hydrogens is 242 g/mol. The van der Waals surface area contributed by atoms with E-state index in [2.05, 4.69) is 27.5 Å². The molecule has 1 fully saturated rings. The van der Waals surface area contributed by atoms with Crippen molar-refractivity contribution < 1.29 is 4.79 Å². The van der Waals surface area contributed by atoms with E-state index < -0.39 is 0 Å². The number of carbonyl (C=O) groups excluding carboxylic acids is 1. The fourth-order valence-corrected chi connectivity index (χ4v) is 1.90. The summed E-state index contributed by atoms with van der Waals surface area (Å²) in [5.41, 5.74) is 6.78. The number of rotatable bonds is 7. The van der Waals surface area contributed by atoms with Crippen LogP contribution in [0.25, 0.3) is 0 Å². The first-order valence-electron chi connectivity index (χ1n) is 6.83. The van der Waals surface area contributed by atoms with Crippen LogP contribution in [0.5, 0.6) is 0 Å². The lowest BCUT2D eigenvalue weighted by atomic mass is 10.1. The molecule has 2 rings (SSSR count). The van der Waals surface area contributed by atoms with Crippen LogP contribution in [-0.4, -0.2) is 28.5 Å². The van der Waals surface area contributed by atoms with Crippen LogP contribution < -0.4 is 16.4 Å². The third kappa shape index (κ3) is 4.08. The largest absolute Gasteiger partial charge is 0.383 e. The summed E-state index contributed by atoms with van der Waals surface area (Å²) in [5.74, 6) is 1.35. The highest BCUT2D eigenvalue weighted by molar-refractivity contribution is 5.77. The predicted octanol–water partition coefficient (Wildman–Crippen LogP) is 1.09. The minimum atomic E-state index is 0.0917. The number of anilines is 2. The Labute approximate surface area is 113 Å². The average molecular weight is 263 g/mol. The average Bonchev–Trinajstić information content (AvgIpc) is 3.17. The van der Waals surface area contributed by atoms with E-state index in [1.807, 2.05) is 0 Å². The van der Waals surface area contributed by atoms with Gasteiger partial charge in [0.1, 0.15) is 18.0 Å². The van der Waals surface area contributed by atoms with Crippen LogP contribution in [0, 0.1) is 0 Å². The van der Waals surface area contributed by atoms with E-state index in [0.29, 0.717) is 24.8 Å². The zero-order valence-electron chi connectivity index (χ0n) is 11.3. The van der Waals surface area contributed by atoms with E-state index >= 15 is 0 Å². The molecule has 0 spiro atoms. The van der Waals surface area contributed by atoms with Crippen LogP contribution in [0.1, 0.15) is 38.2 Å². The van der Waals surface area contributed by atoms with Crippen molar-refractivity contribution in [2.75, 3.05) is 17.6 Å². The highest BCUT2D eigenvalue weighted by atomic mass is 16.1. The topological polar surface area (TPSA) is 92.9 Å². The lowest BCUT2D eigenvalue weighted by Gasteiger charge is -2.11. The maximum absolute atomic E-state index is 11.6. The van der Waals surface area contributed by atoms with E-state index in [4.69, 9.17) is 5.73 Å². The quantitative estimate of drug-likeness (QED) is 0.685. The molecule has 104 valence electrons. The molecule has 6 heteroatoms. The molecule has 0 unspecified atom stereocenters. The summed E-state index contributed by atoms with van der Waals surface area (Å²) < 4.78 is 0. The molecule has 1 heterocycles. The number of nitrogens with two attached hydrogens (primary N) is 1. The van der Waals surface area contributed by atoms with Gasteiger partial charge in [0.15, 0.2) is 0 Å². The molecule has 0 radical (unpaired) electrons. The fraction of sp³-hybridized carbons (Fsp3) is 0.615. The Morgan fingerprint density at radius 3 is 2.95 bits per heavy atom. The Morgan fingerprint density at radius 1 is 1.47 bits per heavy atom. The minimum Gasteiger partial charge on any atom is -0.383 e. The molecule has 1 saturated carbocycles. The number of hydrogen-bond donors (Lipinski definition) is 3. The second-order valence-corrected chi connectivity index (χ2v) is 4.85. The second kappa shape index (κ2) is 6.36. The predicted molar refractivity (Wildman–Crippen MR) is 74.7 cm³/mol. The number of nitrogen functional groups attached to an aromatic ring is 1. The monoisotopic (exact) mass is 263 g/mol. The number of amides is 1. The molecule has 0 aliphatic heterocycles. The maximum Gasteiger partial charge on any atom is 0.221 e. The number of carbonyl (C=O) groups is 1. The van der Waals surface area contributed by atoms with Crippen molar-refractivity contribution in [3.63, 3.8) is 0 Å². The van der Waals surface area contributed by atoms with Gasteiger partial charge in [-0.1, -0.05) is 13.3 Å². The molecule has 19 heavy (non-hydrogen) atoms. The zero-order valence-corrected chi connectivity index (χ0v) is 11.3. The third-order valence-corrected chi connectivity index (χ3v) is 3.07. The van der Waals surface area contributed by atoms with Gasteiger partial charge >= 0.3 is 0 Å². The Hall–Kier alpha value is -1.85. The maximum atomic E-state index is 11.6. The molecule has 1 amide bonds. The molecule has 0 atom stereocenters. The molecule has 1 aromatic heterocycles. The van der Waals surface area contributed by atoms with Gasteiger partial charge in [0.25, 0.3) is 0 Å². The van der Waals surface area contributed by atoms with Crippen LogP contribution in [0.2, 0.25) is 0 Å². The first-order chi connectivity index (χ1) is 9.20. The van der Waals surface area contributed by atoms with E-state index in [0.717, 1.165) is 37.1 Å².